The highest BCUT2D eigenvalue weighted by molar-refractivity contribution is 5.16. The Morgan fingerprint density at radius 2 is 1.06 bits per heavy atom. The van der Waals surface area contributed by atoms with Crippen molar-refractivity contribution in [1.82, 2.24) is 0 Å². The highest BCUT2D eigenvalue weighted by Crippen LogP contribution is 2.74. The first-order chi connectivity index (χ1) is 15.0. The van der Waals surface area contributed by atoms with Crippen LogP contribution in [-0.2, 0) is 0 Å². The molecule has 0 aliphatic heterocycles. The van der Waals surface area contributed by atoms with Crippen molar-refractivity contribution in [3.05, 3.63) is 0 Å². The average molecular weight is 425 g/mol. The zero-order valence-electron chi connectivity index (χ0n) is 21.2. The molecule has 6 saturated carbocycles. The zero-order chi connectivity index (χ0) is 21.2. The van der Waals surface area contributed by atoms with Crippen LogP contribution in [0.15, 0.2) is 0 Å². The molecule has 0 nitrogen and oxygen atoms in total. The summed E-state index contributed by atoms with van der Waals surface area (Å²) in [6, 6.07) is 0. The van der Waals surface area contributed by atoms with E-state index in [4.69, 9.17) is 0 Å². The van der Waals surface area contributed by atoms with E-state index < -0.39 is 0 Å². The maximum atomic E-state index is 2.90. The number of fused-ring (bicyclic) bond motifs is 3. The van der Waals surface area contributed by atoms with Crippen molar-refractivity contribution in [2.75, 3.05) is 0 Å². The van der Waals surface area contributed by atoms with E-state index >= 15 is 0 Å². The van der Waals surface area contributed by atoms with Gasteiger partial charge in [0.15, 0.2) is 0 Å². The molecule has 0 radical (unpaired) electrons. The van der Waals surface area contributed by atoms with Crippen LogP contribution in [0.4, 0.5) is 0 Å². The Morgan fingerprint density at radius 3 is 1.71 bits per heavy atom. The molecular weight excluding hydrogens is 372 g/mol. The number of hydrogen-bond acceptors (Lipinski definition) is 0. The van der Waals surface area contributed by atoms with Crippen molar-refractivity contribution in [3.8, 4) is 0 Å². The van der Waals surface area contributed by atoms with E-state index in [1.54, 1.807) is 70.6 Å². The minimum atomic E-state index is 0.588. The van der Waals surface area contributed by atoms with E-state index in [0.717, 1.165) is 53.3 Å². The van der Waals surface area contributed by atoms with Gasteiger partial charge in [0.2, 0.25) is 0 Å². The maximum absolute atomic E-state index is 2.90. The summed E-state index contributed by atoms with van der Waals surface area (Å²) in [5.74, 6) is 9.68. The van der Waals surface area contributed by atoms with Crippen LogP contribution in [-0.4, -0.2) is 0 Å². The van der Waals surface area contributed by atoms with Gasteiger partial charge in [0.1, 0.15) is 0 Å². The van der Waals surface area contributed by atoms with Gasteiger partial charge in [-0.25, -0.2) is 0 Å². The Hall–Kier alpha value is 0. The molecule has 0 aromatic heterocycles. The minimum Gasteiger partial charge on any atom is -0.0593 e. The topological polar surface area (TPSA) is 0 Å². The van der Waals surface area contributed by atoms with Crippen LogP contribution >= 0.6 is 0 Å². The molecule has 0 heterocycles. The molecule has 6 fully saturated rings. The van der Waals surface area contributed by atoms with Gasteiger partial charge in [0.25, 0.3) is 0 Å². The zero-order valence-corrected chi connectivity index (χ0v) is 21.2. The largest absolute Gasteiger partial charge is 0.0593 e. The molecule has 0 spiro atoms. The molecule has 6 aliphatic rings. The van der Waals surface area contributed by atoms with Gasteiger partial charge < -0.3 is 0 Å². The summed E-state index contributed by atoms with van der Waals surface area (Å²) in [4.78, 5) is 0. The van der Waals surface area contributed by atoms with Crippen LogP contribution in [0.1, 0.15) is 130 Å². The third-order valence-corrected chi connectivity index (χ3v) is 13.1. The van der Waals surface area contributed by atoms with Crippen LogP contribution in [0.25, 0.3) is 0 Å². The van der Waals surface area contributed by atoms with E-state index in [1.165, 1.54) is 38.5 Å². The predicted molar refractivity (Wildman–Crippen MR) is 132 cm³/mol. The molecule has 0 N–H and O–H groups in total. The van der Waals surface area contributed by atoms with Crippen LogP contribution in [0, 0.1) is 64.1 Å². The van der Waals surface area contributed by atoms with Crippen LogP contribution in [0.2, 0.25) is 0 Å². The van der Waals surface area contributed by atoms with E-state index in [2.05, 4.69) is 20.8 Å². The van der Waals surface area contributed by atoms with Gasteiger partial charge >= 0.3 is 0 Å². The Kier molecular flexibility index (Phi) is 5.59. The monoisotopic (exact) mass is 424 g/mol. The normalized spacial score (nSPS) is 50.6. The van der Waals surface area contributed by atoms with Gasteiger partial charge in [0, 0.05) is 0 Å². The first-order valence-electron chi connectivity index (χ1n) is 15.0. The predicted octanol–water partition coefficient (Wildman–Crippen LogP) is 9.28. The fourth-order valence-corrected chi connectivity index (χ4v) is 12.1. The standard InChI is InChI=1S/C31H52/c1-30(2)26(21-12-6-4-7-13-21)20-31(3,23-16-8-5-9-17-23)29-25-19-11-15-22-14-10-18-24(27(22)25)28(29)30/h21-29H,4-20H2,1-3H3/t22?,24?,25?,26?,27?,28?,29?,31-/m0/s1. The third kappa shape index (κ3) is 3.26. The number of rotatable bonds is 2. The molecule has 6 rings (SSSR count). The molecule has 8 atom stereocenters. The summed E-state index contributed by atoms with van der Waals surface area (Å²) >= 11 is 0. The fourth-order valence-electron chi connectivity index (χ4n) is 12.1. The van der Waals surface area contributed by atoms with E-state index in [-0.39, 0.29) is 0 Å². The Balaban J connectivity index is 1.43. The molecule has 7 unspecified atom stereocenters. The molecule has 0 amide bonds. The Morgan fingerprint density at radius 1 is 0.516 bits per heavy atom. The molecular formula is C31H52. The van der Waals surface area contributed by atoms with Gasteiger partial charge in [-0.15, -0.1) is 0 Å². The van der Waals surface area contributed by atoms with Crippen molar-refractivity contribution >= 4 is 0 Å². The second kappa shape index (κ2) is 8.05. The van der Waals surface area contributed by atoms with Gasteiger partial charge in [-0.05, 0) is 96.2 Å². The van der Waals surface area contributed by atoms with Crippen molar-refractivity contribution in [2.45, 2.75) is 130 Å². The van der Waals surface area contributed by atoms with Gasteiger partial charge in [-0.1, -0.05) is 97.8 Å². The summed E-state index contributed by atoms with van der Waals surface area (Å²) in [5.41, 5.74) is 1.25. The molecule has 0 bridgehead atoms. The van der Waals surface area contributed by atoms with Crippen molar-refractivity contribution in [3.63, 3.8) is 0 Å². The van der Waals surface area contributed by atoms with Crippen LogP contribution in [0.5, 0.6) is 0 Å². The molecule has 0 aromatic carbocycles. The van der Waals surface area contributed by atoms with Crippen LogP contribution in [0.3, 0.4) is 0 Å². The van der Waals surface area contributed by atoms with E-state index in [0.29, 0.717) is 10.8 Å². The summed E-state index contributed by atoms with van der Waals surface area (Å²) in [6.07, 6.45) is 26.6. The quantitative estimate of drug-likeness (QED) is 0.414. The molecule has 0 saturated heterocycles. The third-order valence-electron chi connectivity index (χ3n) is 13.1. The highest BCUT2D eigenvalue weighted by Gasteiger charge is 2.68. The molecule has 0 aromatic rings. The first kappa shape index (κ1) is 21.5. The van der Waals surface area contributed by atoms with Crippen molar-refractivity contribution in [2.24, 2.45) is 64.1 Å². The molecule has 31 heavy (non-hydrogen) atoms. The summed E-state index contributed by atoms with van der Waals surface area (Å²) in [7, 11) is 0. The summed E-state index contributed by atoms with van der Waals surface area (Å²) in [6.45, 7) is 8.52. The SMILES string of the molecule is CC1(C)C(C2CCCCC2)C[C@@](C)(C2CCCCC2)C2C3CCCC4CCCC(C43)C21. The summed E-state index contributed by atoms with van der Waals surface area (Å²) in [5, 5.41) is 0. The second-order valence-electron chi connectivity index (χ2n) is 14.4. The lowest BCUT2D eigenvalue weighted by molar-refractivity contribution is -0.139. The lowest BCUT2D eigenvalue weighted by Crippen LogP contribution is -2.56. The first-order valence-corrected chi connectivity index (χ1v) is 15.0. The van der Waals surface area contributed by atoms with Gasteiger partial charge in [0.05, 0.1) is 0 Å². The lowest BCUT2D eigenvalue weighted by atomic mass is 9.42. The second-order valence-corrected chi connectivity index (χ2v) is 14.4. The average Bonchev–Trinajstić information content (AvgIpc) is 3.16. The Bertz CT molecular complexity index is 632. The highest BCUT2D eigenvalue weighted by atomic mass is 14.7. The fraction of sp³-hybridized carbons (Fsp3) is 1.00. The maximum Gasteiger partial charge on any atom is -0.0261 e. The van der Waals surface area contributed by atoms with E-state index in [9.17, 15) is 0 Å². The van der Waals surface area contributed by atoms with Crippen molar-refractivity contribution in [1.29, 1.82) is 0 Å². The lowest BCUT2D eigenvalue weighted by Gasteiger charge is -2.62. The smallest absolute Gasteiger partial charge is 0.0261 e. The number of hydrogen-bond donors (Lipinski definition) is 0. The van der Waals surface area contributed by atoms with Crippen LogP contribution < -0.4 is 0 Å². The van der Waals surface area contributed by atoms with Crippen molar-refractivity contribution < 1.29 is 0 Å². The van der Waals surface area contributed by atoms with Gasteiger partial charge in [-0.3, -0.25) is 0 Å². The van der Waals surface area contributed by atoms with E-state index in [1.807, 2.05) is 0 Å². The molecule has 6 aliphatic carbocycles. The summed E-state index contributed by atoms with van der Waals surface area (Å²) < 4.78 is 0. The minimum absolute atomic E-state index is 0.588. The molecule has 0 heteroatoms. The molecule has 176 valence electrons. The Labute approximate surface area is 194 Å². The van der Waals surface area contributed by atoms with Gasteiger partial charge in [-0.2, -0.15) is 0 Å².